The molecule has 22 heavy (non-hydrogen) atoms. The van der Waals surface area contributed by atoms with Crippen LogP contribution in [0.2, 0.25) is 5.02 Å². The summed E-state index contributed by atoms with van der Waals surface area (Å²) in [6.45, 7) is 0. The van der Waals surface area contributed by atoms with Crippen molar-refractivity contribution in [1.82, 2.24) is 10.4 Å². The SMILES string of the molecule is CON1C(=O)C2NC(=O)C13Oc1cc(O)c(Cl)cc1C3SS2. The second-order valence-electron chi connectivity index (χ2n) is 4.88. The first kappa shape index (κ1) is 14.3. The van der Waals surface area contributed by atoms with Gasteiger partial charge in [0.15, 0.2) is 5.37 Å². The third-order valence-corrected chi connectivity index (χ3v) is 6.91. The number of carbonyl (C=O) groups excluding carboxylic acids is 2. The average Bonchev–Trinajstić information content (AvgIpc) is 2.62. The minimum atomic E-state index is -1.64. The lowest BCUT2D eigenvalue weighted by Gasteiger charge is -2.41. The van der Waals surface area contributed by atoms with Crippen molar-refractivity contribution >= 4 is 45.0 Å². The van der Waals surface area contributed by atoms with Crippen LogP contribution < -0.4 is 10.1 Å². The number of carbonyl (C=O) groups is 2. The summed E-state index contributed by atoms with van der Waals surface area (Å²) in [4.78, 5) is 30.2. The van der Waals surface area contributed by atoms with Gasteiger partial charge in [0.1, 0.15) is 16.7 Å². The Kier molecular flexibility index (Phi) is 3.00. The summed E-state index contributed by atoms with van der Waals surface area (Å²) in [6, 6.07) is 2.88. The van der Waals surface area contributed by atoms with Gasteiger partial charge in [-0.25, -0.2) is 0 Å². The maximum atomic E-state index is 12.6. The zero-order valence-electron chi connectivity index (χ0n) is 11.0. The summed E-state index contributed by atoms with van der Waals surface area (Å²) in [6.07, 6.45) is 0. The van der Waals surface area contributed by atoms with Gasteiger partial charge in [0.25, 0.3) is 11.8 Å². The first-order valence-corrected chi connectivity index (χ1v) is 8.87. The molecule has 1 aromatic carbocycles. The highest BCUT2D eigenvalue weighted by molar-refractivity contribution is 8.77. The molecule has 3 atom stereocenters. The fraction of sp³-hybridized carbons (Fsp3) is 0.333. The summed E-state index contributed by atoms with van der Waals surface area (Å²) in [5.74, 6) is -0.723. The number of phenolic OH excluding ortho intramolecular Hbond substituents is 1. The molecule has 3 unspecified atom stereocenters. The molecule has 3 fully saturated rings. The molecule has 4 heterocycles. The van der Waals surface area contributed by atoms with Crippen molar-refractivity contribution in [2.75, 3.05) is 7.11 Å². The molecule has 4 aliphatic heterocycles. The van der Waals surface area contributed by atoms with Gasteiger partial charge >= 0.3 is 5.72 Å². The Hall–Kier alpha value is -1.29. The molecule has 0 saturated carbocycles. The number of piperazine rings is 1. The number of amides is 2. The number of hydrogen-bond acceptors (Lipinski definition) is 7. The highest BCUT2D eigenvalue weighted by atomic mass is 35.5. The monoisotopic (exact) mass is 360 g/mol. The Bertz CT molecular complexity index is 717. The van der Waals surface area contributed by atoms with Crippen LogP contribution in [0.3, 0.4) is 0 Å². The second kappa shape index (κ2) is 4.60. The van der Waals surface area contributed by atoms with E-state index in [1.165, 1.54) is 34.8 Å². The normalized spacial score (nSPS) is 32.2. The number of hydroxylamine groups is 2. The number of ether oxygens (including phenoxy) is 1. The molecular formula is C12H9ClN2O5S2. The summed E-state index contributed by atoms with van der Waals surface area (Å²) >= 11 is 5.96. The zero-order chi connectivity index (χ0) is 15.6. The van der Waals surface area contributed by atoms with Crippen molar-refractivity contribution in [3.05, 3.63) is 22.7 Å². The van der Waals surface area contributed by atoms with Crippen LogP contribution in [0.25, 0.3) is 0 Å². The van der Waals surface area contributed by atoms with Gasteiger partial charge in [0.2, 0.25) is 0 Å². The van der Waals surface area contributed by atoms with E-state index in [-0.39, 0.29) is 10.8 Å². The number of nitrogens with one attached hydrogen (secondary N) is 1. The Morgan fingerprint density at radius 1 is 1.45 bits per heavy atom. The standard InChI is InChI=1S/C12H9ClN2O5S2/c1-19-15-10(17)9-14-11(18)12(15)8(21-22-9)4-2-5(13)6(16)3-7(4)20-12/h2-3,8-9,16H,1H3,(H,14,18). The maximum Gasteiger partial charge on any atom is 0.303 e. The van der Waals surface area contributed by atoms with E-state index in [0.717, 1.165) is 5.06 Å². The van der Waals surface area contributed by atoms with E-state index in [4.69, 9.17) is 21.2 Å². The first-order chi connectivity index (χ1) is 10.5. The van der Waals surface area contributed by atoms with E-state index in [2.05, 4.69) is 5.32 Å². The summed E-state index contributed by atoms with van der Waals surface area (Å²) in [5.41, 5.74) is -1.01. The Morgan fingerprint density at radius 3 is 2.95 bits per heavy atom. The van der Waals surface area contributed by atoms with Crippen molar-refractivity contribution in [2.45, 2.75) is 16.3 Å². The molecule has 2 bridgehead atoms. The Morgan fingerprint density at radius 2 is 2.23 bits per heavy atom. The van der Waals surface area contributed by atoms with Crippen LogP contribution >= 0.6 is 33.2 Å². The number of phenols is 1. The molecule has 1 spiro atoms. The van der Waals surface area contributed by atoms with Crippen molar-refractivity contribution in [3.63, 3.8) is 0 Å². The van der Waals surface area contributed by atoms with Crippen LogP contribution in [-0.4, -0.2) is 40.2 Å². The molecule has 3 saturated heterocycles. The number of aromatic hydroxyl groups is 1. The third-order valence-electron chi connectivity index (χ3n) is 3.73. The Balaban J connectivity index is 1.94. The van der Waals surface area contributed by atoms with Crippen LogP contribution in [-0.2, 0) is 14.4 Å². The number of hydrogen-bond donors (Lipinski definition) is 2. The molecule has 10 heteroatoms. The lowest BCUT2D eigenvalue weighted by Crippen LogP contribution is -2.71. The quantitative estimate of drug-likeness (QED) is 0.732. The summed E-state index contributed by atoms with van der Waals surface area (Å²) in [5, 5.41) is 12.2. The van der Waals surface area contributed by atoms with Gasteiger partial charge in [-0.15, -0.1) is 0 Å². The van der Waals surface area contributed by atoms with Crippen LogP contribution in [0.4, 0.5) is 0 Å². The highest BCUT2D eigenvalue weighted by Crippen LogP contribution is 2.61. The predicted octanol–water partition coefficient (Wildman–Crippen LogP) is 1.42. The van der Waals surface area contributed by atoms with E-state index in [1.807, 2.05) is 0 Å². The zero-order valence-corrected chi connectivity index (χ0v) is 13.4. The van der Waals surface area contributed by atoms with Gasteiger partial charge in [-0.1, -0.05) is 33.2 Å². The van der Waals surface area contributed by atoms with Crippen molar-refractivity contribution in [1.29, 1.82) is 0 Å². The third kappa shape index (κ3) is 1.59. The molecular weight excluding hydrogens is 352 g/mol. The molecule has 0 aliphatic carbocycles. The largest absolute Gasteiger partial charge is 0.506 e. The number of benzene rings is 1. The number of nitrogens with zero attached hydrogens (tertiary/aromatic N) is 1. The van der Waals surface area contributed by atoms with Crippen LogP contribution in [0.5, 0.6) is 11.5 Å². The fourth-order valence-corrected chi connectivity index (χ4v) is 5.92. The van der Waals surface area contributed by atoms with Crippen molar-refractivity contribution in [3.8, 4) is 11.5 Å². The lowest BCUT2D eigenvalue weighted by molar-refractivity contribution is -0.252. The van der Waals surface area contributed by atoms with Crippen molar-refractivity contribution in [2.24, 2.45) is 0 Å². The second-order valence-corrected chi connectivity index (χ2v) is 7.77. The molecule has 4 aliphatic rings. The molecule has 2 N–H and O–H groups in total. The molecule has 5 rings (SSSR count). The molecule has 7 nitrogen and oxygen atoms in total. The first-order valence-electron chi connectivity index (χ1n) is 6.21. The van der Waals surface area contributed by atoms with E-state index in [1.54, 1.807) is 6.07 Å². The van der Waals surface area contributed by atoms with Gasteiger partial charge in [0.05, 0.1) is 12.1 Å². The molecule has 2 amide bonds. The summed E-state index contributed by atoms with van der Waals surface area (Å²) in [7, 11) is 3.87. The number of rotatable bonds is 1. The molecule has 0 radical (unpaired) electrons. The van der Waals surface area contributed by atoms with Gasteiger partial charge < -0.3 is 15.2 Å². The molecule has 0 aromatic heterocycles. The van der Waals surface area contributed by atoms with Crippen LogP contribution in [0.1, 0.15) is 10.8 Å². The summed E-state index contributed by atoms with van der Waals surface area (Å²) < 4.78 is 5.80. The van der Waals surface area contributed by atoms with Crippen molar-refractivity contribution < 1.29 is 24.3 Å². The van der Waals surface area contributed by atoms with E-state index in [9.17, 15) is 14.7 Å². The van der Waals surface area contributed by atoms with E-state index < -0.39 is 28.2 Å². The highest BCUT2D eigenvalue weighted by Gasteiger charge is 2.67. The minimum Gasteiger partial charge on any atom is -0.506 e. The van der Waals surface area contributed by atoms with Gasteiger partial charge in [-0.2, -0.15) is 5.06 Å². The van der Waals surface area contributed by atoms with Crippen LogP contribution in [0.15, 0.2) is 12.1 Å². The lowest BCUT2D eigenvalue weighted by atomic mass is 10.0. The van der Waals surface area contributed by atoms with Gasteiger partial charge in [-0.3, -0.25) is 14.4 Å². The number of halogens is 1. The van der Waals surface area contributed by atoms with E-state index >= 15 is 0 Å². The Labute approximate surface area is 137 Å². The van der Waals surface area contributed by atoms with Crippen LogP contribution in [0, 0.1) is 0 Å². The smallest absolute Gasteiger partial charge is 0.303 e. The average molecular weight is 361 g/mol. The number of fused-ring (bicyclic) bond motifs is 4. The fourth-order valence-electron chi connectivity index (χ4n) is 2.76. The topological polar surface area (TPSA) is 88.1 Å². The van der Waals surface area contributed by atoms with Gasteiger partial charge in [0, 0.05) is 11.6 Å². The molecule has 1 aromatic rings. The van der Waals surface area contributed by atoms with Gasteiger partial charge in [-0.05, 0) is 6.07 Å². The molecule has 116 valence electrons. The minimum absolute atomic E-state index is 0.152. The van der Waals surface area contributed by atoms with E-state index in [0.29, 0.717) is 11.3 Å². The maximum absolute atomic E-state index is 12.6. The predicted molar refractivity (Wildman–Crippen MR) is 80.2 cm³/mol.